The molecule has 0 aliphatic heterocycles. The maximum Gasteiger partial charge on any atom is 0.416 e. The molecule has 0 bridgehead atoms. The Labute approximate surface area is 172 Å². The van der Waals surface area contributed by atoms with Crippen LogP contribution in [0.1, 0.15) is 18.1 Å². The van der Waals surface area contributed by atoms with E-state index < -0.39 is 34.3 Å². The summed E-state index contributed by atoms with van der Waals surface area (Å²) in [6, 6.07) is 4.88. The molecule has 1 aromatic carbocycles. The molecule has 0 saturated carbocycles. The number of halogens is 3. The fraction of sp³-hybridized carbons (Fsp3) is 0.235. The van der Waals surface area contributed by atoms with Crippen molar-refractivity contribution in [3.05, 3.63) is 51.6 Å². The van der Waals surface area contributed by atoms with Crippen LogP contribution in [0.25, 0.3) is 0 Å². The summed E-state index contributed by atoms with van der Waals surface area (Å²) < 4.78 is 42.8. The summed E-state index contributed by atoms with van der Waals surface area (Å²) in [7, 11) is 0. The highest BCUT2D eigenvalue weighted by Crippen LogP contribution is 2.32. The molecule has 1 aromatic heterocycles. The SMILES string of the molecule is CCOC(=O)Nc1cc(NC/C(=N/O)c2ccc(C(F)(F)F)cc2)c([N+](=O)[O-])c(N)n1. The number of rotatable bonds is 7. The van der Waals surface area contributed by atoms with Gasteiger partial charge in [-0.1, -0.05) is 17.3 Å². The first-order valence-corrected chi connectivity index (χ1v) is 8.58. The van der Waals surface area contributed by atoms with Gasteiger partial charge in [0.25, 0.3) is 0 Å². The van der Waals surface area contributed by atoms with Crippen LogP contribution in [-0.2, 0) is 10.9 Å². The monoisotopic (exact) mass is 442 g/mol. The van der Waals surface area contributed by atoms with Crippen LogP contribution >= 0.6 is 0 Å². The Bertz CT molecular complexity index is 995. The van der Waals surface area contributed by atoms with Gasteiger partial charge in [-0.2, -0.15) is 13.2 Å². The van der Waals surface area contributed by atoms with Gasteiger partial charge in [0.05, 0.1) is 23.6 Å². The Morgan fingerprint density at radius 2 is 2.00 bits per heavy atom. The summed E-state index contributed by atoms with van der Waals surface area (Å²) in [5.74, 6) is -0.667. The number of carbonyl (C=O) groups is 1. The molecule has 1 amide bonds. The standard InChI is InChI=1S/C17H17F3N6O5/c1-2-31-16(27)24-13-7-11(14(26(29)30)15(21)23-13)22-8-12(25-28)9-3-5-10(6-4-9)17(18,19)20/h3-7,28H,2,8H2,1H3,(H4,21,22,23,24,27)/b25-12-. The van der Waals surface area contributed by atoms with Gasteiger partial charge in [0, 0.05) is 11.6 Å². The van der Waals surface area contributed by atoms with Gasteiger partial charge >= 0.3 is 18.0 Å². The van der Waals surface area contributed by atoms with Crippen molar-refractivity contribution in [2.45, 2.75) is 13.1 Å². The number of nitrogens with one attached hydrogen (secondary N) is 2. The Hall–Kier alpha value is -4.10. The summed E-state index contributed by atoms with van der Waals surface area (Å²) >= 11 is 0. The molecule has 31 heavy (non-hydrogen) atoms. The number of nitro groups is 1. The minimum Gasteiger partial charge on any atom is -0.450 e. The van der Waals surface area contributed by atoms with Crippen LogP contribution in [0.2, 0.25) is 0 Å². The highest BCUT2D eigenvalue weighted by molar-refractivity contribution is 6.03. The lowest BCUT2D eigenvalue weighted by molar-refractivity contribution is -0.383. The van der Waals surface area contributed by atoms with Gasteiger partial charge in [0.1, 0.15) is 17.2 Å². The number of hydrogen-bond donors (Lipinski definition) is 4. The summed E-state index contributed by atoms with van der Waals surface area (Å²) in [6.45, 7) is 1.31. The van der Waals surface area contributed by atoms with Crippen LogP contribution in [0.4, 0.5) is 41.0 Å². The lowest BCUT2D eigenvalue weighted by Gasteiger charge is -2.12. The van der Waals surface area contributed by atoms with Gasteiger partial charge in [-0.3, -0.25) is 15.4 Å². The predicted molar refractivity (Wildman–Crippen MR) is 104 cm³/mol. The molecular weight excluding hydrogens is 425 g/mol. The Morgan fingerprint density at radius 1 is 1.35 bits per heavy atom. The van der Waals surface area contributed by atoms with E-state index in [0.717, 1.165) is 30.3 Å². The van der Waals surface area contributed by atoms with Crippen molar-refractivity contribution in [1.29, 1.82) is 0 Å². The molecule has 0 aliphatic rings. The summed E-state index contributed by atoms with van der Waals surface area (Å²) in [6.07, 6.45) is -5.40. The minimum absolute atomic E-state index is 0.0723. The topological polar surface area (TPSA) is 165 Å². The number of benzene rings is 1. The van der Waals surface area contributed by atoms with E-state index in [-0.39, 0.29) is 35.9 Å². The highest BCUT2D eigenvalue weighted by atomic mass is 19.4. The lowest BCUT2D eigenvalue weighted by atomic mass is 10.1. The van der Waals surface area contributed by atoms with Crippen molar-refractivity contribution in [2.24, 2.45) is 5.16 Å². The average Bonchev–Trinajstić information content (AvgIpc) is 2.67. The van der Waals surface area contributed by atoms with Crippen molar-refractivity contribution in [2.75, 3.05) is 29.5 Å². The zero-order valence-electron chi connectivity index (χ0n) is 15.9. The fourth-order valence-electron chi connectivity index (χ4n) is 2.45. The molecule has 0 fully saturated rings. The van der Waals surface area contributed by atoms with Gasteiger partial charge in [0.15, 0.2) is 0 Å². The van der Waals surface area contributed by atoms with Crippen LogP contribution in [0.5, 0.6) is 0 Å². The maximum absolute atomic E-state index is 12.7. The van der Waals surface area contributed by atoms with Gasteiger partial charge in [-0.25, -0.2) is 9.78 Å². The molecule has 11 nitrogen and oxygen atoms in total. The Kier molecular flexibility index (Phi) is 7.18. The molecule has 0 unspecified atom stereocenters. The molecular formula is C17H17F3N6O5. The Morgan fingerprint density at radius 3 is 2.52 bits per heavy atom. The third-order valence-corrected chi connectivity index (χ3v) is 3.82. The maximum atomic E-state index is 12.7. The molecule has 2 aromatic rings. The lowest BCUT2D eigenvalue weighted by Crippen LogP contribution is -2.19. The van der Waals surface area contributed by atoms with Crippen molar-refractivity contribution >= 4 is 34.8 Å². The van der Waals surface area contributed by atoms with Crippen LogP contribution in [0.3, 0.4) is 0 Å². The molecule has 0 saturated heterocycles. The summed E-state index contributed by atoms with van der Waals surface area (Å²) in [5, 5.41) is 28.5. The van der Waals surface area contributed by atoms with Crippen LogP contribution < -0.4 is 16.4 Å². The van der Waals surface area contributed by atoms with Crippen LogP contribution in [0, 0.1) is 10.1 Å². The number of hydrogen-bond acceptors (Lipinski definition) is 9. The third kappa shape index (κ3) is 5.94. The first kappa shape index (κ1) is 23.2. The second kappa shape index (κ2) is 9.60. The average molecular weight is 442 g/mol. The van der Waals surface area contributed by atoms with Gasteiger partial charge in [0.2, 0.25) is 5.82 Å². The second-order valence-corrected chi connectivity index (χ2v) is 5.87. The van der Waals surface area contributed by atoms with Crippen LogP contribution in [-0.4, -0.2) is 40.1 Å². The van der Waals surface area contributed by atoms with Gasteiger partial charge < -0.3 is 21.0 Å². The number of oxime groups is 1. The van der Waals surface area contributed by atoms with E-state index in [2.05, 4.69) is 20.8 Å². The predicted octanol–water partition coefficient (Wildman–Crippen LogP) is 3.45. The number of nitrogen functional groups attached to an aromatic ring is 1. The third-order valence-electron chi connectivity index (χ3n) is 3.82. The number of amides is 1. The van der Waals surface area contributed by atoms with E-state index in [1.54, 1.807) is 6.92 Å². The van der Waals surface area contributed by atoms with E-state index >= 15 is 0 Å². The Balaban J connectivity index is 2.28. The zero-order valence-corrected chi connectivity index (χ0v) is 15.9. The largest absolute Gasteiger partial charge is 0.450 e. The number of alkyl halides is 3. The van der Waals surface area contributed by atoms with Gasteiger partial charge in [-0.15, -0.1) is 0 Å². The van der Waals surface area contributed by atoms with Crippen molar-refractivity contribution in [3.63, 3.8) is 0 Å². The molecule has 1 heterocycles. The number of ether oxygens (including phenoxy) is 1. The first-order chi connectivity index (χ1) is 14.6. The molecule has 2 rings (SSSR count). The zero-order chi connectivity index (χ0) is 23.2. The smallest absolute Gasteiger partial charge is 0.416 e. The molecule has 0 radical (unpaired) electrons. The number of pyridine rings is 1. The number of anilines is 3. The van der Waals surface area contributed by atoms with E-state index in [1.165, 1.54) is 0 Å². The number of nitrogens with two attached hydrogens (primary N) is 1. The van der Waals surface area contributed by atoms with Crippen molar-refractivity contribution in [1.82, 2.24) is 4.98 Å². The minimum atomic E-state index is -4.54. The van der Waals surface area contributed by atoms with Crippen molar-refractivity contribution < 1.29 is 32.8 Å². The van der Waals surface area contributed by atoms with E-state index in [1.807, 2.05) is 0 Å². The van der Waals surface area contributed by atoms with E-state index in [4.69, 9.17) is 10.5 Å². The molecule has 5 N–H and O–H groups in total. The normalized spacial score (nSPS) is 11.7. The molecule has 0 aliphatic carbocycles. The van der Waals surface area contributed by atoms with E-state index in [9.17, 15) is 33.3 Å². The highest BCUT2D eigenvalue weighted by Gasteiger charge is 2.30. The molecule has 14 heteroatoms. The molecule has 0 spiro atoms. The van der Waals surface area contributed by atoms with Gasteiger partial charge in [-0.05, 0) is 19.1 Å². The molecule has 166 valence electrons. The number of carbonyl (C=O) groups excluding carboxylic acids is 1. The number of aromatic nitrogens is 1. The first-order valence-electron chi connectivity index (χ1n) is 8.58. The molecule has 0 atom stereocenters. The van der Waals surface area contributed by atoms with Crippen LogP contribution in [0.15, 0.2) is 35.5 Å². The fourth-order valence-corrected chi connectivity index (χ4v) is 2.45. The summed E-state index contributed by atoms with van der Waals surface area (Å²) in [5.41, 5.74) is 3.94. The van der Waals surface area contributed by atoms with E-state index in [0.29, 0.717) is 0 Å². The number of nitrogens with zero attached hydrogens (tertiary/aromatic N) is 3. The second-order valence-electron chi connectivity index (χ2n) is 5.87. The van der Waals surface area contributed by atoms with Crippen molar-refractivity contribution in [3.8, 4) is 0 Å². The summed E-state index contributed by atoms with van der Waals surface area (Å²) in [4.78, 5) is 25.8. The quantitative estimate of drug-likeness (QED) is 0.219.